The zero-order chi connectivity index (χ0) is 18.5. The van der Waals surface area contributed by atoms with E-state index >= 15 is 0 Å². The van der Waals surface area contributed by atoms with Crippen LogP contribution in [0.5, 0.6) is 5.75 Å². The number of hydrogen-bond acceptors (Lipinski definition) is 6. The van der Waals surface area contributed by atoms with Gasteiger partial charge in [-0.3, -0.25) is 9.20 Å². The van der Waals surface area contributed by atoms with E-state index in [2.05, 4.69) is 15.2 Å². The molecule has 7 heteroatoms. The Morgan fingerprint density at radius 2 is 2.00 bits per heavy atom. The van der Waals surface area contributed by atoms with Crippen molar-refractivity contribution in [2.75, 3.05) is 13.7 Å². The van der Waals surface area contributed by atoms with Gasteiger partial charge >= 0.3 is 5.97 Å². The van der Waals surface area contributed by atoms with E-state index in [9.17, 15) is 4.79 Å². The van der Waals surface area contributed by atoms with E-state index in [1.165, 1.54) is 0 Å². The Morgan fingerprint density at radius 1 is 1.19 bits per heavy atom. The molecule has 0 bridgehead atoms. The number of methoxy groups -OCH3 is 1. The van der Waals surface area contributed by atoms with Crippen molar-refractivity contribution in [2.45, 2.75) is 20.3 Å². The molecule has 3 aromatic rings. The highest BCUT2D eigenvalue weighted by atomic mass is 16.5. The Kier molecular flexibility index (Phi) is 5.26. The summed E-state index contributed by atoms with van der Waals surface area (Å²) >= 11 is 0. The molecule has 0 N–H and O–H groups in total. The monoisotopic (exact) mass is 352 g/mol. The van der Waals surface area contributed by atoms with Gasteiger partial charge in [0.15, 0.2) is 5.82 Å². The highest BCUT2D eigenvalue weighted by molar-refractivity contribution is 5.74. The molecule has 0 unspecified atom stereocenters. The predicted molar refractivity (Wildman–Crippen MR) is 97.4 cm³/mol. The number of fused-ring (bicyclic) bond motifs is 1. The van der Waals surface area contributed by atoms with Gasteiger partial charge in [-0.25, -0.2) is 4.98 Å². The average molecular weight is 352 g/mol. The van der Waals surface area contributed by atoms with Crippen molar-refractivity contribution in [3.05, 3.63) is 53.9 Å². The van der Waals surface area contributed by atoms with Crippen molar-refractivity contribution in [1.82, 2.24) is 9.38 Å². The molecule has 0 amide bonds. The van der Waals surface area contributed by atoms with Gasteiger partial charge in [-0.15, -0.1) is 10.2 Å². The SMILES string of the molecule is CCOC(=O)Cc1nc2c(C)cccn2c1N=Nc1ccccc1OC. The molecule has 0 aliphatic rings. The van der Waals surface area contributed by atoms with E-state index in [0.29, 0.717) is 29.6 Å². The smallest absolute Gasteiger partial charge is 0.312 e. The molecule has 0 aliphatic heterocycles. The summed E-state index contributed by atoms with van der Waals surface area (Å²) in [4.78, 5) is 16.5. The number of carbonyl (C=O) groups is 1. The number of para-hydroxylation sites is 1. The molecule has 7 nitrogen and oxygen atoms in total. The molecule has 1 aromatic carbocycles. The fourth-order valence-electron chi connectivity index (χ4n) is 2.63. The molecule has 26 heavy (non-hydrogen) atoms. The van der Waals surface area contributed by atoms with Crippen molar-refractivity contribution >= 4 is 23.1 Å². The van der Waals surface area contributed by atoms with Crippen LogP contribution >= 0.6 is 0 Å². The summed E-state index contributed by atoms with van der Waals surface area (Å²) in [6.07, 6.45) is 1.88. The van der Waals surface area contributed by atoms with Crippen LogP contribution in [0.2, 0.25) is 0 Å². The summed E-state index contributed by atoms with van der Waals surface area (Å²) < 4.78 is 12.2. The third-order valence-electron chi connectivity index (χ3n) is 3.84. The Balaban J connectivity index is 2.06. The van der Waals surface area contributed by atoms with E-state index in [1.54, 1.807) is 14.0 Å². The van der Waals surface area contributed by atoms with Crippen LogP contribution in [0, 0.1) is 6.92 Å². The number of azo groups is 1. The maximum atomic E-state index is 11.9. The summed E-state index contributed by atoms with van der Waals surface area (Å²) in [5.74, 6) is 0.776. The number of aromatic nitrogens is 2. The lowest BCUT2D eigenvalue weighted by molar-refractivity contribution is -0.142. The summed E-state index contributed by atoms with van der Waals surface area (Å²) in [6, 6.07) is 11.2. The first-order chi connectivity index (χ1) is 12.6. The number of ether oxygens (including phenoxy) is 2. The molecule has 2 aromatic heterocycles. The Labute approximate surface area is 151 Å². The number of rotatable bonds is 6. The second-order valence-electron chi connectivity index (χ2n) is 5.62. The maximum Gasteiger partial charge on any atom is 0.312 e. The highest BCUT2D eigenvalue weighted by Gasteiger charge is 2.17. The largest absolute Gasteiger partial charge is 0.494 e. The molecule has 0 spiro atoms. The molecule has 0 fully saturated rings. The summed E-state index contributed by atoms with van der Waals surface area (Å²) in [7, 11) is 1.58. The molecule has 0 aliphatic carbocycles. The van der Waals surface area contributed by atoms with E-state index < -0.39 is 0 Å². The van der Waals surface area contributed by atoms with Gasteiger partial charge in [0.25, 0.3) is 0 Å². The minimum atomic E-state index is -0.345. The van der Waals surface area contributed by atoms with E-state index in [1.807, 2.05) is 53.9 Å². The van der Waals surface area contributed by atoms with Crippen LogP contribution in [0.15, 0.2) is 52.8 Å². The molecule has 0 saturated heterocycles. The Bertz CT molecular complexity index is 963. The molecular weight excluding hydrogens is 332 g/mol. The Hall–Kier alpha value is -3.22. The van der Waals surface area contributed by atoms with Gasteiger partial charge in [-0.1, -0.05) is 18.2 Å². The minimum Gasteiger partial charge on any atom is -0.494 e. The predicted octanol–water partition coefficient (Wildman–Crippen LogP) is 4.17. The molecule has 0 saturated carbocycles. The molecule has 134 valence electrons. The van der Waals surface area contributed by atoms with Crippen molar-refractivity contribution < 1.29 is 14.3 Å². The van der Waals surface area contributed by atoms with Crippen LogP contribution in [-0.2, 0) is 16.0 Å². The van der Waals surface area contributed by atoms with Gasteiger partial charge in [0.1, 0.15) is 17.1 Å². The van der Waals surface area contributed by atoms with E-state index in [4.69, 9.17) is 9.47 Å². The van der Waals surface area contributed by atoms with Gasteiger partial charge < -0.3 is 9.47 Å². The number of esters is 1. The van der Waals surface area contributed by atoms with Gasteiger partial charge in [0.2, 0.25) is 0 Å². The van der Waals surface area contributed by atoms with Crippen LogP contribution in [-0.4, -0.2) is 29.1 Å². The summed E-state index contributed by atoms with van der Waals surface area (Å²) in [6.45, 7) is 4.05. The number of imidazole rings is 1. The molecule has 0 radical (unpaired) electrons. The number of carbonyl (C=O) groups excluding carboxylic acids is 1. The normalized spacial score (nSPS) is 11.2. The summed E-state index contributed by atoms with van der Waals surface area (Å²) in [5.41, 5.74) is 2.84. The zero-order valence-corrected chi connectivity index (χ0v) is 15.0. The number of hydrogen-bond donors (Lipinski definition) is 0. The fourth-order valence-corrected chi connectivity index (χ4v) is 2.63. The maximum absolute atomic E-state index is 11.9. The average Bonchev–Trinajstić information content (AvgIpc) is 2.99. The molecular formula is C19H20N4O3. The quantitative estimate of drug-likeness (QED) is 0.493. The van der Waals surface area contributed by atoms with Crippen molar-refractivity contribution in [1.29, 1.82) is 0 Å². The third-order valence-corrected chi connectivity index (χ3v) is 3.84. The van der Waals surface area contributed by atoms with Crippen LogP contribution in [0.4, 0.5) is 11.5 Å². The standard InChI is InChI=1S/C19H20N4O3/c1-4-26-17(24)12-15-19(23-11-7-8-13(2)18(23)20-15)22-21-14-9-5-6-10-16(14)25-3/h5-11H,4,12H2,1-3H3. The van der Waals surface area contributed by atoms with Crippen molar-refractivity contribution in [3.8, 4) is 5.75 Å². The van der Waals surface area contributed by atoms with Gasteiger partial charge in [-0.2, -0.15) is 0 Å². The van der Waals surface area contributed by atoms with Crippen LogP contribution < -0.4 is 4.74 Å². The Morgan fingerprint density at radius 3 is 2.77 bits per heavy atom. The lowest BCUT2D eigenvalue weighted by Crippen LogP contribution is -2.07. The number of pyridine rings is 1. The van der Waals surface area contributed by atoms with Crippen molar-refractivity contribution in [3.63, 3.8) is 0 Å². The second kappa shape index (κ2) is 7.77. The fraction of sp³-hybridized carbons (Fsp3) is 0.263. The van der Waals surface area contributed by atoms with Gasteiger partial charge in [-0.05, 0) is 37.6 Å². The van der Waals surface area contributed by atoms with Crippen LogP contribution in [0.25, 0.3) is 5.65 Å². The first kappa shape index (κ1) is 17.6. The van der Waals surface area contributed by atoms with Gasteiger partial charge in [0.05, 0.1) is 25.8 Å². The molecule has 3 rings (SSSR count). The topological polar surface area (TPSA) is 77.5 Å². The highest BCUT2D eigenvalue weighted by Crippen LogP contribution is 2.30. The minimum absolute atomic E-state index is 0.0369. The third kappa shape index (κ3) is 3.56. The zero-order valence-electron chi connectivity index (χ0n) is 15.0. The van der Waals surface area contributed by atoms with Gasteiger partial charge in [0, 0.05) is 6.20 Å². The van der Waals surface area contributed by atoms with E-state index in [-0.39, 0.29) is 12.4 Å². The van der Waals surface area contributed by atoms with Crippen LogP contribution in [0.3, 0.4) is 0 Å². The number of aryl methyl sites for hydroxylation is 1. The lowest BCUT2D eigenvalue weighted by Gasteiger charge is -2.03. The molecule has 2 heterocycles. The molecule has 0 atom stereocenters. The first-order valence-corrected chi connectivity index (χ1v) is 8.31. The van der Waals surface area contributed by atoms with Crippen molar-refractivity contribution in [2.24, 2.45) is 10.2 Å². The number of benzene rings is 1. The lowest BCUT2D eigenvalue weighted by atomic mass is 10.3. The summed E-state index contributed by atoms with van der Waals surface area (Å²) in [5, 5.41) is 8.67. The first-order valence-electron chi connectivity index (χ1n) is 8.31. The second-order valence-corrected chi connectivity index (χ2v) is 5.62. The van der Waals surface area contributed by atoms with Crippen LogP contribution in [0.1, 0.15) is 18.2 Å². The number of nitrogens with zero attached hydrogens (tertiary/aromatic N) is 4. The van der Waals surface area contributed by atoms with E-state index in [0.717, 1.165) is 11.2 Å².